The average molecular weight is 378 g/mol. The number of nitrogens with zero attached hydrogens (tertiary/aromatic N) is 2. The van der Waals surface area contributed by atoms with Crippen molar-refractivity contribution >= 4 is 17.8 Å². The molecule has 1 N–H and O–H groups in total. The van der Waals surface area contributed by atoms with Crippen molar-refractivity contribution in [1.82, 2.24) is 9.80 Å². The van der Waals surface area contributed by atoms with Crippen LogP contribution in [0.2, 0.25) is 0 Å². The van der Waals surface area contributed by atoms with Gasteiger partial charge in [0, 0.05) is 38.0 Å². The van der Waals surface area contributed by atoms with E-state index < -0.39 is 12.0 Å². The van der Waals surface area contributed by atoms with Gasteiger partial charge in [0.05, 0.1) is 0 Å². The Balaban J connectivity index is 1.58. The van der Waals surface area contributed by atoms with E-state index in [1.165, 1.54) is 4.90 Å². The fourth-order valence-corrected chi connectivity index (χ4v) is 4.02. The molecule has 0 aromatic heterocycles. The number of benzene rings is 2. The number of fused-ring (bicyclic) bond motifs is 1. The van der Waals surface area contributed by atoms with Crippen molar-refractivity contribution in [2.45, 2.75) is 38.4 Å². The molecule has 4 rings (SSSR count). The zero-order valence-electron chi connectivity index (χ0n) is 15.5. The molecule has 2 heterocycles. The molecule has 144 valence electrons. The molecule has 1 unspecified atom stereocenters. The van der Waals surface area contributed by atoms with Crippen LogP contribution in [0.1, 0.15) is 39.9 Å². The summed E-state index contributed by atoms with van der Waals surface area (Å²) >= 11 is 0. The fraction of sp³-hybridized carbons (Fsp3) is 0.318. The molecule has 0 spiro atoms. The van der Waals surface area contributed by atoms with Gasteiger partial charge in [0.15, 0.2) is 0 Å². The van der Waals surface area contributed by atoms with Gasteiger partial charge in [0.2, 0.25) is 5.91 Å². The van der Waals surface area contributed by atoms with Gasteiger partial charge in [-0.1, -0.05) is 36.4 Å². The Hall–Kier alpha value is -3.15. The molecule has 0 aliphatic carbocycles. The van der Waals surface area contributed by atoms with E-state index in [1.54, 1.807) is 23.1 Å². The van der Waals surface area contributed by atoms with E-state index in [-0.39, 0.29) is 18.4 Å². The lowest BCUT2D eigenvalue weighted by atomic mass is 9.93. The first-order chi connectivity index (χ1) is 13.5. The number of hydrogen-bond acceptors (Lipinski definition) is 3. The molecular formula is C22H22N2O4. The Morgan fingerprint density at radius 1 is 1.07 bits per heavy atom. The molecule has 6 heteroatoms. The lowest BCUT2D eigenvalue weighted by Gasteiger charge is -2.34. The predicted molar refractivity (Wildman–Crippen MR) is 103 cm³/mol. The third-order valence-electron chi connectivity index (χ3n) is 5.51. The Morgan fingerprint density at radius 3 is 2.57 bits per heavy atom. The standard InChI is InChI=1S/C22H22N2O4/c25-20-9-4-10-23(20)13-15-5-3-8-17(11-15)21(26)24-14-18-7-2-1-6-16(18)12-19(24)22(27)28/h1-3,5-8,11,19H,4,9-10,12-14H2,(H,27,28). The summed E-state index contributed by atoms with van der Waals surface area (Å²) in [6.07, 6.45) is 1.75. The topological polar surface area (TPSA) is 77.9 Å². The van der Waals surface area contributed by atoms with Crippen molar-refractivity contribution in [3.63, 3.8) is 0 Å². The minimum atomic E-state index is -0.998. The molecule has 2 aliphatic heterocycles. The van der Waals surface area contributed by atoms with Crippen molar-refractivity contribution < 1.29 is 19.5 Å². The smallest absolute Gasteiger partial charge is 0.326 e. The van der Waals surface area contributed by atoms with Crippen LogP contribution in [-0.4, -0.2) is 45.3 Å². The first-order valence-electron chi connectivity index (χ1n) is 9.50. The van der Waals surface area contributed by atoms with Gasteiger partial charge >= 0.3 is 5.97 Å². The van der Waals surface area contributed by atoms with Gasteiger partial charge in [-0.05, 0) is 35.2 Å². The number of hydrogen-bond donors (Lipinski definition) is 1. The Morgan fingerprint density at radius 2 is 1.86 bits per heavy atom. The van der Waals surface area contributed by atoms with E-state index in [4.69, 9.17) is 0 Å². The van der Waals surface area contributed by atoms with Gasteiger partial charge in [-0.25, -0.2) is 4.79 Å². The Kier molecular flexibility index (Phi) is 4.86. The summed E-state index contributed by atoms with van der Waals surface area (Å²) in [6, 6.07) is 13.9. The maximum Gasteiger partial charge on any atom is 0.326 e. The number of carboxylic acids is 1. The van der Waals surface area contributed by atoms with E-state index in [0.717, 1.165) is 29.7 Å². The van der Waals surface area contributed by atoms with E-state index in [2.05, 4.69) is 0 Å². The monoisotopic (exact) mass is 378 g/mol. The van der Waals surface area contributed by atoms with Crippen LogP contribution in [0, 0.1) is 0 Å². The molecule has 0 bridgehead atoms. The maximum absolute atomic E-state index is 13.2. The van der Waals surface area contributed by atoms with E-state index >= 15 is 0 Å². The zero-order chi connectivity index (χ0) is 19.7. The number of carboxylic acid groups (broad SMARTS) is 1. The summed E-state index contributed by atoms with van der Waals surface area (Å²) < 4.78 is 0. The van der Waals surface area contributed by atoms with Crippen LogP contribution in [0.3, 0.4) is 0 Å². The number of rotatable bonds is 4. The molecule has 0 radical (unpaired) electrons. The van der Waals surface area contributed by atoms with Gasteiger partial charge < -0.3 is 14.9 Å². The summed E-state index contributed by atoms with van der Waals surface area (Å²) in [4.78, 5) is 40.1. The second kappa shape index (κ2) is 7.46. The third kappa shape index (κ3) is 3.50. The fourth-order valence-electron chi connectivity index (χ4n) is 4.02. The van der Waals surface area contributed by atoms with Gasteiger partial charge in [0.25, 0.3) is 5.91 Å². The van der Waals surface area contributed by atoms with E-state index in [9.17, 15) is 19.5 Å². The molecule has 6 nitrogen and oxygen atoms in total. The van der Waals surface area contributed by atoms with Crippen molar-refractivity contribution in [1.29, 1.82) is 0 Å². The molecule has 1 atom stereocenters. The summed E-state index contributed by atoms with van der Waals surface area (Å²) in [5.41, 5.74) is 3.28. The van der Waals surface area contributed by atoms with E-state index in [0.29, 0.717) is 24.9 Å². The Bertz CT molecular complexity index is 940. The second-order valence-corrected chi connectivity index (χ2v) is 7.38. The molecule has 1 fully saturated rings. The number of aliphatic carboxylic acids is 1. The lowest BCUT2D eigenvalue weighted by molar-refractivity contribution is -0.142. The largest absolute Gasteiger partial charge is 0.480 e. The summed E-state index contributed by atoms with van der Waals surface area (Å²) in [7, 11) is 0. The highest BCUT2D eigenvalue weighted by Gasteiger charge is 2.35. The van der Waals surface area contributed by atoms with Gasteiger partial charge in [-0.2, -0.15) is 0 Å². The summed E-state index contributed by atoms with van der Waals surface area (Å²) in [6.45, 7) is 1.49. The lowest BCUT2D eigenvalue weighted by Crippen LogP contribution is -2.48. The second-order valence-electron chi connectivity index (χ2n) is 7.38. The van der Waals surface area contributed by atoms with Gasteiger partial charge in [-0.15, -0.1) is 0 Å². The molecule has 2 aromatic carbocycles. The minimum Gasteiger partial charge on any atom is -0.480 e. The average Bonchev–Trinajstić information content (AvgIpc) is 3.11. The normalized spacial score (nSPS) is 18.9. The highest BCUT2D eigenvalue weighted by Crippen LogP contribution is 2.26. The van der Waals surface area contributed by atoms with Crippen LogP contribution in [0.4, 0.5) is 0 Å². The van der Waals surface area contributed by atoms with Crippen LogP contribution in [0.5, 0.6) is 0 Å². The predicted octanol–water partition coefficient (Wildman–Crippen LogP) is 2.46. The van der Waals surface area contributed by atoms with Crippen LogP contribution >= 0.6 is 0 Å². The van der Waals surface area contributed by atoms with Crippen LogP contribution < -0.4 is 0 Å². The van der Waals surface area contributed by atoms with Crippen molar-refractivity contribution in [3.8, 4) is 0 Å². The zero-order valence-corrected chi connectivity index (χ0v) is 15.5. The van der Waals surface area contributed by atoms with Crippen molar-refractivity contribution in [3.05, 3.63) is 70.8 Å². The summed E-state index contributed by atoms with van der Waals surface area (Å²) in [5.74, 6) is -1.16. The first-order valence-corrected chi connectivity index (χ1v) is 9.50. The van der Waals surface area contributed by atoms with Crippen molar-refractivity contribution in [2.75, 3.05) is 6.54 Å². The third-order valence-corrected chi connectivity index (χ3v) is 5.51. The molecule has 2 aliphatic rings. The first kappa shape index (κ1) is 18.2. The Labute approximate surface area is 163 Å². The minimum absolute atomic E-state index is 0.135. The number of carbonyl (C=O) groups is 3. The SMILES string of the molecule is O=C(O)C1Cc2ccccc2CN1C(=O)c1cccc(CN2CCCC2=O)c1. The quantitative estimate of drug-likeness (QED) is 0.887. The highest BCUT2D eigenvalue weighted by atomic mass is 16.4. The number of likely N-dealkylation sites (tertiary alicyclic amines) is 1. The highest BCUT2D eigenvalue weighted by molar-refractivity contribution is 5.97. The summed E-state index contributed by atoms with van der Waals surface area (Å²) in [5, 5.41) is 9.67. The van der Waals surface area contributed by atoms with Crippen LogP contribution in [0.15, 0.2) is 48.5 Å². The number of amides is 2. The van der Waals surface area contributed by atoms with Gasteiger partial charge in [0.1, 0.15) is 6.04 Å². The van der Waals surface area contributed by atoms with Gasteiger partial charge in [-0.3, -0.25) is 9.59 Å². The van der Waals surface area contributed by atoms with E-state index in [1.807, 2.05) is 30.3 Å². The number of carbonyl (C=O) groups excluding carboxylic acids is 2. The molecule has 2 amide bonds. The molecular weight excluding hydrogens is 356 g/mol. The molecule has 0 saturated carbocycles. The van der Waals surface area contributed by atoms with Crippen LogP contribution in [0.25, 0.3) is 0 Å². The molecule has 2 aromatic rings. The maximum atomic E-state index is 13.2. The van der Waals surface area contributed by atoms with Crippen LogP contribution in [-0.2, 0) is 29.1 Å². The van der Waals surface area contributed by atoms with Crippen molar-refractivity contribution in [2.24, 2.45) is 0 Å². The molecule has 28 heavy (non-hydrogen) atoms. The molecule has 1 saturated heterocycles.